The summed E-state index contributed by atoms with van der Waals surface area (Å²) in [7, 11) is 0. The predicted molar refractivity (Wildman–Crippen MR) is 302 cm³/mol. The first-order chi connectivity index (χ1) is 34.5. The molecule has 1 atom stereocenters. The molecule has 0 spiro atoms. The summed E-state index contributed by atoms with van der Waals surface area (Å²) < 4.78 is 16.8. The fraction of sp³-hybridized carbons (Fsp3) is 0.828. The molecule has 0 aliphatic rings. The molecule has 0 N–H and O–H groups in total. The SMILES string of the molecule is CC/C=C\C/C=C\C/C=C\C/C=C\CCCCCCCCCCCCCCC(=O)OCC(COC(=O)CCCCCCC)OC(=O)CCCCCCCCCCCCCCCCCCCCCCCC. The van der Waals surface area contributed by atoms with E-state index in [1.165, 1.54) is 193 Å². The largest absolute Gasteiger partial charge is 0.462 e. The number of allylic oxidation sites excluding steroid dienone is 8. The zero-order chi connectivity index (χ0) is 50.7. The maximum atomic E-state index is 12.8. The summed E-state index contributed by atoms with van der Waals surface area (Å²) in [4.78, 5) is 37.9. The molecule has 1 unspecified atom stereocenters. The predicted octanol–water partition coefficient (Wildman–Crippen LogP) is 20.6. The Hall–Kier alpha value is -2.63. The number of esters is 3. The fourth-order valence-corrected chi connectivity index (χ4v) is 9.02. The van der Waals surface area contributed by atoms with Crippen LogP contribution in [0, 0.1) is 0 Å². The van der Waals surface area contributed by atoms with Gasteiger partial charge in [-0.05, 0) is 57.8 Å². The third-order valence-corrected chi connectivity index (χ3v) is 13.6. The molecule has 408 valence electrons. The van der Waals surface area contributed by atoms with Gasteiger partial charge in [0.15, 0.2) is 6.10 Å². The van der Waals surface area contributed by atoms with Crippen molar-refractivity contribution in [2.75, 3.05) is 13.2 Å². The fourth-order valence-electron chi connectivity index (χ4n) is 9.02. The van der Waals surface area contributed by atoms with E-state index < -0.39 is 6.10 Å². The number of hydrogen-bond donors (Lipinski definition) is 0. The van der Waals surface area contributed by atoms with Gasteiger partial charge in [-0.2, -0.15) is 0 Å². The Balaban J connectivity index is 4.02. The van der Waals surface area contributed by atoms with Crippen molar-refractivity contribution >= 4 is 17.9 Å². The van der Waals surface area contributed by atoms with Gasteiger partial charge in [0.1, 0.15) is 13.2 Å². The highest BCUT2D eigenvalue weighted by atomic mass is 16.6. The molecule has 6 heteroatoms. The summed E-state index contributed by atoms with van der Waals surface area (Å²) in [5.74, 6) is -0.868. The minimum Gasteiger partial charge on any atom is -0.462 e. The second kappa shape index (κ2) is 58.9. The molecule has 0 bridgehead atoms. The molecular formula is C64H116O6. The number of carbonyl (C=O) groups is 3. The van der Waals surface area contributed by atoms with Crippen LogP contribution in [0.4, 0.5) is 0 Å². The highest BCUT2D eigenvalue weighted by Gasteiger charge is 2.19. The van der Waals surface area contributed by atoms with Crippen molar-refractivity contribution in [3.8, 4) is 0 Å². The number of hydrogen-bond acceptors (Lipinski definition) is 6. The number of unbranched alkanes of at least 4 members (excludes halogenated alkanes) is 37. The van der Waals surface area contributed by atoms with E-state index in [0.717, 1.165) is 89.9 Å². The molecule has 70 heavy (non-hydrogen) atoms. The van der Waals surface area contributed by atoms with E-state index in [4.69, 9.17) is 14.2 Å². The van der Waals surface area contributed by atoms with Gasteiger partial charge < -0.3 is 14.2 Å². The molecule has 0 aromatic carbocycles. The second-order valence-corrected chi connectivity index (χ2v) is 20.6. The van der Waals surface area contributed by atoms with Crippen LogP contribution in [-0.4, -0.2) is 37.2 Å². The van der Waals surface area contributed by atoms with Crippen LogP contribution in [0.3, 0.4) is 0 Å². The Morgan fingerprint density at radius 1 is 0.300 bits per heavy atom. The van der Waals surface area contributed by atoms with Crippen LogP contribution in [0.25, 0.3) is 0 Å². The minimum atomic E-state index is -0.767. The Morgan fingerprint density at radius 2 is 0.557 bits per heavy atom. The lowest BCUT2D eigenvalue weighted by Gasteiger charge is -2.18. The van der Waals surface area contributed by atoms with Crippen molar-refractivity contribution in [3.63, 3.8) is 0 Å². The molecule has 0 aromatic heterocycles. The molecule has 0 heterocycles. The number of ether oxygens (including phenoxy) is 3. The Kier molecular flexibility index (Phi) is 56.7. The van der Waals surface area contributed by atoms with Gasteiger partial charge in [0.2, 0.25) is 0 Å². The highest BCUT2D eigenvalue weighted by Crippen LogP contribution is 2.17. The molecule has 0 aromatic rings. The van der Waals surface area contributed by atoms with Crippen LogP contribution >= 0.6 is 0 Å². The zero-order valence-corrected chi connectivity index (χ0v) is 46.8. The van der Waals surface area contributed by atoms with E-state index in [0.29, 0.717) is 19.3 Å². The van der Waals surface area contributed by atoms with Crippen LogP contribution in [0.1, 0.15) is 323 Å². The quantitative estimate of drug-likeness (QED) is 0.0261. The van der Waals surface area contributed by atoms with Crippen molar-refractivity contribution in [2.45, 2.75) is 329 Å². The molecular weight excluding hydrogens is 865 g/mol. The van der Waals surface area contributed by atoms with Crippen LogP contribution in [0.5, 0.6) is 0 Å². The first-order valence-electron chi connectivity index (χ1n) is 30.6. The zero-order valence-electron chi connectivity index (χ0n) is 46.8. The smallest absolute Gasteiger partial charge is 0.306 e. The van der Waals surface area contributed by atoms with Gasteiger partial charge in [-0.3, -0.25) is 14.4 Å². The lowest BCUT2D eigenvalue weighted by Crippen LogP contribution is -2.30. The lowest BCUT2D eigenvalue weighted by atomic mass is 10.0. The highest BCUT2D eigenvalue weighted by molar-refractivity contribution is 5.71. The first-order valence-corrected chi connectivity index (χ1v) is 30.6. The Labute approximate surface area is 435 Å². The van der Waals surface area contributed by atoms with Gasteiger partial charge in [0.25, 0.3) is 0 Å². The third kappa shape index (κ3) is 56.3. The van der Waals surface area contributed by atoms with Gasteiger partial charge in [-0.1, -0.05) is 294 Å². The summed E-state index contributed by atoms with van der Waals surface area (Å²) in [5, 5.41) is 0. The third-order valence-electron chi connectivity index (χ3n) is 13.6. The van der Waals surface area contributed by atoms with Gasteiger partial charge in [-0.15, -0.1) is 0 Å². The number of rotatable bonds is 56. The summed E-state index contributed by atoms with van der Waals surface area (Å²) in [6.45, 7) is 6.49. The average molecular weight is 982 g/mol. The molecule has 0 radical (unpaired) electrons. The summed E-state index contributed by atoms with van der Waals surface area (Å²) in [6, 6.07) is 0. The first kappa shape index (κ1) is 67.4. The standard InChI is InChI=1S/C64H116O6/c1-4-7-10-13-15-17-19-21-23-25-27-29-31-32-33-35-36-38-40-42-44-46-48-51-54-57-63(66)69-60-61(59-68-62(65)56-53-50-12-9-6-3)70-64(67)58-55-52-49-47-45-43-41-39-37-34-30-28-26-24-22-20-18-16-14-11-8-5-2/h7,10,15,17,21,23,27,29,61H,4-6,8-9,11-14,16,18-20,22,24-26,28,30-60H2,1-3H3/b10-7-,17-15-,23-21-,29-27-. The minimum absolute atomic E-state index is 0.0704. The van der Waals surface area contributed by atoms with Gasteiger partial charge in [0.05, 0.1) is 0 Å². The summed E-state index contributed by atoms with van der Waals surface area (Å²) in [6.07, 6.45) is 73.1. The van der Waals surface area contributed by atoms with E-state index in [2.05, 4.69) is 69.4 Å². The van der Waals surface area contributed by atoms with Gasteiger partial charge >= 0.3 is 17.9 Å². The molecule has 0 fully saturated rings. The molecule has 0 amide bonds. The van der Waals surface area contributed by atoms with Crippen LogP contribution < -0.4 is 0 Å². The van der Waals surface area contributed by atoms with E-state index in [1.807, 2.05) is 0 Å². The second-order valence-electron chi connectivity index (χ2n) is 20.6. The van der Waals surface area contributed by atoms with Crippen LogP contribution in [0.2, 0.25) is 0 Å². The maximum Gasteiger partial charge on any atom is 0.306 e. The van der Waals surface area contributed by atoms with Crippen molar-refractivity contribution in [1.29, 1.82) is 0 Å². The Bertz CT molecular complexity index is 1220. The van der Waals surface area contributed by atoms with Crippen LogP contribution in [0.15, 0.2) is 48.6 Å². The van der Waals surface area contributed by atoms with Crippen molar-refractivity contribution in [3.05, 3.63) is 48.6 Å². The molecule has 0 saturated heterocycles. The topological polar surface area (TPSA) is 78.9 Å². The molecule has 6 nitrogen and oxygen atoms in total. The molecule has 0 aliphatic heterocycles. The molecule has 0 rings (SSSR count). The van der Waals surface area contributed by atoms with Gasteiger partial charge in [0, 0.05) is 19.3 Å². The number of carbonyl (C=O) groups excluding carboxylic acids is 3. The van der Waals surface area contributed by atoms with E-state index in [-0.39, 0.29) is 31.1 Å². The Morgan fingerprint density at radius 3 is 0.871 bits per heavy atom. The normalized spacial score (nSPS) is 12.3. The van der Waals surface area contributed by atoms with E-state index in [1.54, 1.807) is 0 Å². The van der Waals surface area contributed by atoms with Crippen LogP contribution in [-0.2, 0) is 28.6 Å². The van der Waals surface area contributed by atoms with Crippen molar-refractivity contribution < 1.29 is 28.6 Å². The van der Waals surface area contributed by atoms with Gasteiger partial charge in [-0.25, -0.2) is 0 Å². The summed E-state index contributed by atoms with van der Waals surface area (Å²) in [5.41, 5.74) is 0. The van der Waals surface area contributed by atoms with Crippen molar-refractivity contribution in [2.24, 2.45) is 0 Å². The average Bonchev–Trinajstić information content (AvgIpc) is 3.36. The lowest BCUT2D eigenvalue weighted by molar-refractivity contribution is -0.167. The molecule has 0 aliphatic carbocycles. The monoisotopic (exact) mass is 981 g/mol. The van der Waals surface area contributed by atoms with E-state index >= 15 is 0 Å². The molecule has 0 saturated carbocycles. The summed E-state index contributed by atoms with van der Waals surface area (Å²) >= 11 is 0. The maximum absolute atomic E-state index is 12.8. The van der Waals surface area contributed by atoms with Crippen molar-refractivity contribution in [1.82, 2.24) is 0 Å². The van der Waals surface area contributed by atoms with E-state index in [9.17, 15) is 14.4 Å².